The van der Waals surface area contributed by atoms with Gasteiger partial charge in [0.2, 0.25) is 5.91 Å². The third kappa shape index (κ3) is 4.46. The summed E-state index contributed by atoms with van der Waals surface area (Å²) in [7, 11) is 3.77. The second-order valence-corrected chi connectivity index (χ2v) is 7.59. The van der Waals surface area contributed by atoms with Crippen molar-refractivity contribution in [3.8, 4) is 11.1 Å². The Morgan fingerprint density at radius 2 is 1.93 bits per heavy atom. The maximum atomic E-state index is 11.9. The van der Waals surface area contributed by atoms with E-state index >= 15 is 0 Å². The molecule has 0 spiro atoms. The highest BCUT2D eigenvalue weighted by Gasteiger charge is 2.22. The Hall–Kier alpha value is -2.99. The molecule has 1 aromatic heterocycles. The minimum atomic E-state index is 0.0223. The fourth-order valence-electron chi connectivity index (χ4n) is 3.18. The van der Waals surface area contributed by atoms with Crippen molar-refractivity contribution in [2.45, 2.75) is 25.4 Å². The van der Waals surface area contributed by atoms with E-state index in [1.54, 1.807) is 6.33 Å². The summed E-state index contributed by atoms with van der Waals surface area (Å²) in [5.41, 5.74) is 4.24. The zero-order chi connectivity index (χ0) is 19.5. The van der Waals surface area contributed by atoms with E-state index in [0.29, 0.717) is 19.1 Å². The van der Waals surface area contributed by atoms with E-state index in [1.807, 2.05) is 37.2 Å². The van der Waals surface area contributed by atoms with Gasteiger partial charge in [-0.2, -0.15) is 0 Å². The molecule has 144 valence electrons. The van der Waals surface area contributed by atoms with Gasteiger partial charge in [-0.25, -0.2) is 9.97 Å². The molecule has 0 unspecified atom stereocenters. The van der Waals surface area contributed by atoms with Crippen LogP contribution in [0.5, 0.6) is 0 Å². The van der Waals surface area contributed by atoms with Crippen molar-refractivity contribution < 1.29 is 4.79 Å². The second kappa shape index (κ2) is 7.94. The fraction of sp³-hybridized carbons (Fsp3) is 0.318. The summed E-state index contributed by atoms with van der Waals surface area (Å²) in [5, 5.41) is 7.50. The molecule has 1 heterocycles. The third-order valence-electron chi connectivity index (χ3n) is 4.76. The van der Waals surface area contributed by atoms with Crippen molar-refractivity contribution in [2.75, 3.05) is 26.0 Å². The highest BCUT2D eigenvalue weighted by molar-refractivity contribution is 5.92. The molecule has 0 atom stereocenters. The predicted molar refractivity (Wildman–Crippen MR) is 112 cm³/mol. The summed E-state index contributed by atoms with van der Waals surface area (Å²) in [6.07, 6.45) is 4.02. The monoisotopic (exact) mass is 375 g/mol. The molecule has 1 aliphatic carbocycles. The maximum absolute atomic E-state index is 11.9. The van der Waals surface area contributed by atoms with Crippen molar-refractivity contribution in [3.05, 3.63) is 54.4 Å². The number of benzene rings is 2. The molecule has 28 heavy (non-hydrogen) atoms. The first-order chi connectivity index (χ1) is 13.6. The van der Waals surface area contributed by atoms with Crippen LogP contribution < -0.4 is 10.6 Å². The molecule has 1 aliphatic rings. The number of nitrogens with zero attached hydrogens (tertiary/aromatic N) is 3. The fourth-order valence-corrected chi connectivity index (χ4v) is 3.18. The van der Waals surface area contributed by atoms with Crippen LogP contribution in [0.25, 0.3) is 22.0 Å². The number of rotatable bonds is 7. The summed E-state index contributed by atoms with van der Waals surface area (Å²) < 4.78 is 0. The average molecular weight is 375 g/mol. The van der Waals surface area contributed by atoms with Gasteiger partial charge in [0.15, 0.2) is 0 Å². The van der Waals surface area contributed by atoms with Crippen LogP contribution in [0.15, 0.2) is 48.8 Å². The number of anilines is 1. The van der Waals surface area contributed by atoms with Gasteiger partial charge in [0.25, 0.3) is 0 Å². The second-order valence-electron chi connectivity index (χ2n) is 7.59. The Bertz CT molecular complexity index is 997. The van der Waals surface area contributed by atoms with E-state index < -0.39 is 0 Å². The number of amides is 1. The zero-order valence-electron chi connectivity index (χ0n) is 16.3. The number of carbonyl (C=O) groups excluding carboxylic acids is 1. The summed E-state index contributed by atoms with van der Waals surface area (Å²) in [6.45, 7) is 0.910. The normalized spacial score (nSPS) is 13.7. The highest BCUT2D eigenvalue weighted by Crippen LogP contribution is 2.30. The SMILES string of the molecule is CN(C)CC(=O)NCc1cccc(-c2ccc3ncnc(NC4CC4)c3c2)c1. The van der Waals surface area contributed by atoms with Crippen LogP contribution >= 0.6 is 0 Å². The molecule has 3 aromatic rings. The number of carbonyl (C=O) groups is 1. The van der Waals surface area contributed by atoms with Crippen molar-refractivity contribution in [2.24, 2.45) is 0 Å². The van der Waals surface area contributed by atoms with Crippen LogP contribution in [-0.4, -0.2) is 47.5 Å². The number of fused-ring (bicyclic) bond motifs is 1. The topological polar surface area (TPSA) is 70.2 Å². The standard InChI is InChI=1S/C22H25N5O/c1-27(2)13-21(28)23-12-15-4-3-5-16(10-15)17-6-9-20-19(11-17)22(25-14-24-20)26-18-7-8-18/h3-6,9-11,14,18H,7-8,12-13H2,1-2H3,(H,23,28)(H,24,25,26). The van der Waals surface area contributed by atoms with Gasteiger partial charge in [-0.05, 0) is 61.8 Å². The number of hydrogen-bond donors (Lipinski definition) is 2. The van der Waals surface area contributed by atoms with Gasteiger partial charge in [0.1, 0.15) is 12.1 Å². The lowest BCUT2D eigenvalue weighted by atomic mass is 10.0. The Morgan fingerprint density at radius 3 is 2.71 bits per heavy atom. The molecule has 0 aliphatic heterocycles. The van der Waals surface area contributed by atoms with Crippen LogP contribution in [0.3, 0.4) is 0 Å². The van der Waals surface area contributed by atoms with Gasteiger partial charge in [-0.15, -0.1) is 0 Å². The summed E-state index contributed by atoms with van der Waals surface area (Å²) in [4.78, 5) is 22.6. The van der Waals surface area contributed by atoms with Crippen molar-refractivity contribution in [1.82, 2.24) is 20.2 Å². The van der Waals surface area contributed by atoms with Crippen LogP contribution in [-0.2, 0) is 11.3 Å². The minimum absolute atomic E-state index is 0.0223. The first kappa shape index (κ1) is 18.4. The van der Waals surface area contributed by atoms with Gasteiger partial charge in [-0.3, -0.25) is 4.79 Å². The molecule has 0 bridgehead atoms. The van der Waals surface area contributed by atoms with E-state index in [0.717, 1.165) is 33.4 Å². The van der Waals surface area contributed by atoms with Crippen LogP contribution in [0.2, 0.25) is 0 Å². The van der Waals surface area contributed by atoms with E-state index in [-0.39, 0.29) is 5.91 Å². The average Bonchev–Trinajstić information content (AvgIpc) is 3.50. The molecule has 2 aromatic carbocycles. The lowest BCUT2D eigenvalue weighted by Gasteiger charge is -2.12. The Labute approximate surface area is 165 Å². The minimum Gasteiger partial charge on any atom is -0.367 e. The third-order valence-corrected chi connectivity index (χ3v) is 4.76. The number of nitrogens with one attached hydrogen (secondary N) is 2. The molecule has 0 saturated heterocycles. The van der Waals surface area contributed by atoms with E-state index in [2.05, 4.69) is 44.9 Å². The summed E-state index contributed by atoms with van der Waals surface area (Å²) >= 11 is 0. The van der Waals surface area contributed by atoms with Gasteiger partial charge < -0.3 is 15.5 Å². The number of likely N-dealkylation sites (N-methyl/N-ethyl adjacent to an activating group) is 1. The molecule has 1 fully saturated rings. The van der Waals surface area contributed by atoms with E-state index in [1.165, 1.54) is 12.8 Å². The lowest BCUT2D eigenvalue weighted by Crippen LogP contribution is -2.32. The lowest BCUT2D eigenvalue weighted by molar-refractivity contribution is -0.121. The first-order valence-electron chi connectivity index (χ1n) is 9.60. The van der Waals surface area contributed by atoms with Gasteiger partial charge in [-0.1, -0.05) is 24.3 Å². The molecule has 6 nitrogen and oxygen atoms in total. The van der Waals surface area contributed by atoms with Gasteiger partial charge in [0, 0.05) is 18.0 Å². The first-order valence-corrected chi connectivity index (χ1v) is 9.60. The van der Waals surface area contributed by atoms with Gasteiger partial charge in [0.05, 0.1) is 12.1 Å². The largest absolute Gasteiger partial charge is 0.367 e. The van der Waals surface area contributed by atoms with Crippen molar-refractivity contribution in [3.63, 3.8) is 0 Å². The summed E-state index contributed by atoms with van der Waals surface area (Å²) in [5.74, 6) is 0.926. The van der Waals surface area contributed by atoms with E-state index in [4.69, 9.17) is 0 Å². The highest BCUT2D eigenvalue weighted by atomic mass is 16.1. The molecular formula is C22H25N5O. The van der Waals surface area contributed by atoms with Crippen molar-refractivity contribution >= 4 is 22.6 Å². The van der Waals surface area contributed by atoms with Gasteiger partial charge >= 0.3 is 0 Å². The predicted octanol–water partition coefficient (Wildman–Crippen LogP) is 3.05. The molecule has 0 radical (unpaired) electrons. The quantitative estimate of drug-likeness (QED) is 0.664. The smallest absolute Gasteiger partial charge is 0.234 e. The van der Waals surface area contributed by atoms with E-state index in [9.17, 15) is 4.79 Å². The Balaban J connectivity index is 1.56. The molecule has 2 N–H and O–H groups in total. The maximum Gasteiger partial charge on any atom is 0.234 e. The molecule has 1 saturated carbocycles. The molecular weight excluding hydrogens is 350 g/mol. The van der Waals surface area contributed by atoms with Crippen LogP contribution in [0.1, 0.15) is 18.4 Å². The number of aromatic nitrogens is 2. The Kier molecular flexibility index (Phi) is 5.21. The van der Waals surface area contributed by atoms with Crippen LogP contribution in [0, 0.1) is 0 Å². The molecule has 1 amide bonds. The zero-order valence-corrected chi connectivity index (χ0v) is 16.3. The van der Waals surface area contributed by atoms with Crippen molar-refractivity contribution in [1.29, 1.82) is 0 Å². The molecule has 4 rings (SSSR count). The Morgan fingerprint density at radius 1 is 1.11 bits per heavy atom. The van der Waals surface area contributed by atoms with Crippen LogP contribution in [0.4, 0.5) is 5.82 Å². The number of hydrogen-bond acceptors (Lipinski definition) is 5. The molecule has 6 heteroatoms. The summed E-state index contributed by atoms with van der Waals surface area (Å²) in [6, 6.07) is 15.1.